The van der Waals surface area contributed by atoms with Crippen LogP contribution in [0.3, 0.4) is 0 Å². The highest BCUT2D eigenvalue weighted by atomic mass is 79.9. The maximum Gasteiger partial charge on any atom is 0.252 e. The molecule has 0 radical (unpaired) electrons. The van der Waals surface area contributed by atoms with E-state index >= 15 is 0 Å². The second-order valence-electron chi connectivity index (χ2n) is 4.94. The highest BCUT2D eigenvalue weighted by molar-refractivity contribution is 9.10. The predicted octanol–water partition coefficient (Wildman–Crippen LogP) is 3.45. The molecule has 1 aromatic carbocycles. The second kappa shape index (κ2) is 13.8. The lowest BCUT2D eigenvalue weighted by Gasteiger charge is -2.08. The molecule has 0 spiro atoms. The van der Waals surface area contributed by atoms with Crippen LogP contribution in [0.5, 0.6) is 11.6 Å². The number of hydrogen-bond acceptors (Lipinski definition) is 5. The van der Waals surface area contributed by atoms with Gasteiger partial charge in [-0.2, -0.15) is 0 Å². The zero-order valence-corrected chi connectivity index (χ0v) is 17.5. The molecule has 9 heteroatoms. The van der Waals surface area contributed by atoms with Crippen molar-refractivity contribution in [3.8, 4) is 11.6 Å². The first kappa shape index (κ1) is 24.6. The number of aromatic nitrogens is 1. The van der Waals surface area contributed by atoms with E-state index in [4.69, 9.17) is 9.47 Å². The van der Waals surface area contributed by atoms with Crippen LogP contribution >= 0.6 is 40.7 Å². The van der Waals surface area contributed by atoms with Gasteiger partial charge >= 0.3 is 0 Å². The Kier molecular flexibility index (Phi) is 13.0. The van der Waals surface area contributed by atoms with Gasteiger partial charge in [0.2, 0.25) is 5.88 Å². The number of benzene rings is 1. The molecule has 26 heavy (non-hydrogen) atoms. The van der Waals surface area contributed by atoms with Crippen LogP contribution in [0, 0.1) is 0 Å². The monoisotopic (exact) mass is 465 g/mol. The van der Waals surface area contributed by atoms with Crippen molar-refractivity contribution < 1.29 is 14.3 Å². The van der Waals surface area contributed by atoms with Crippen LogP contribution < -0.4 is 15.4 Å². The van der Waals surface area contributed by atoms with Crippen molar-refractivity contribution in [1.82, 2.24) is 15.6 Å². The molecule has 0 unspecified atom stereocenters. The number of methoxy groups -OCH3 is 1. The average molecular weight is 467 g/mol. The van der Waals surface area contributed by atoms with Gasteiger partial charge in [-0.1, -0.05) is 15.9 Å². The van der Waals surface area contributed by atoms with Crippen LogP contribution in [0.2, 0.25) is 0 Å². The molecule has 2 rings (SSSR count). The lowest BCUT2D eigenvalue weighted by atomic mass is 10.2. The third-order valence-electron chi connectivity index (χ3n) is 3.10. The zero-order valence-electron chi connectivity index (χ0n) is 14.2. The first-order chi connectivity index (χ1) is 11.7. The average Bonchev–Trinajstić information content (AvgIpc) is 2.60. The molecule has 2 aromatic rings. The molecular weight excluding hydrogens is 445 g/mol. The van der Waals surface area contributed by atoms with Gasteiger partial charge in [0.15, 0.2) is 0 Å². The number of nitrogens with zero attached hydrogens (tertiary/aromatic N) is 1. The van der Waals surface area contributed by atoms with Gasteiger partial charge in [0.05, 0.1) is 12.2 Å². The number of carbonyl (C=O) groups is 1. The Morgan fingerprint density at radius 1 is 1.08 bits per heavy atom. The fraction of sp³-hybridized carbons (Fsp3) is 0.294. The Morgan fingerprint density at radius 3 is 2.42 bits per heavy atom. The summed E-state index contributed by atoms with van der Waals surface area (Å²) in [6, 6.07) is 10.8. The van der Waals surface area contributed by atoms with E-state index in [1.165, 1.54) is 6.20 Å². The van der Waals surface area contributed by atoms with Crippen LogP contribution in [0.1, 0.15) is 10.4 Å². The molecule has 6 nitrogen and oxygen atoms in total. The summed E-state index contributed by atoms with van der Waals surface area (Å²) in [6.45, 7) is 2.64. The molecule has 0 aliphatic carbocycles. The molecule has 144 valence electrons. The normalized spacial score (nSPS) is 9.62. The molecule has 0 saturated heterocycles. The highest BCUT2D eigenvalue weighted by Crippen LogP contribution is 2.21. The molecule has 0 fully saturated rings. The standard InChI is InChI=1S/C17H20BrN3O3.2ClH/c1-23-11-10-19-8-9-20-17(22)13-2-7-16(21-12-13)24-15-5-3-14(18)4-6-15;;/h2-7,12,19H,8-11H2,1H3,(H,20,22);2*1H. The molecule has 0 bridgehead atoms. The summed E-state index contributed by atoms with van der Waals surface area (Å²) in [5.74, 6) is 0.964. The van der Waals surface area contributed by atoms with Crippen LogP contribution in [0.4, 0.5) is 0 Å². The summed E-state index contributed by atoms with van der Waals surface area (Å²) >= 11 is 3.37. The van der Waals surface area contributed by atoms with E-state index in [0.717, 1.165) is 11.0 Å². The Morgan fingerprint density at radius 2 is 1.81 bits per heavy atom. The van der Waals surface area contributed by atoms with E-state index in [-0.39, 0.29) is 30.7 Å². The predicted molar refractivity (Wildman–Crippen MR) is 110 cm³/mol. The Balaban J connectivity index is 0.00000312. The van der Waals surface area contributed by atoms with Crippen molar-refractivity contribution >= 4 is 46.7 Å². The Hall–Kier alpha value is -1.38. The van der Waals surface area contributed by atoms with E-state index in [0.29, 0.717) is 36.9 Å². The molecular formula is C17H22BrCl2N3O3. The van der Waals surface area contributed by atoms with Crippen molar-refractivity contribution in [2.45, 2.75) is 0 Å². The molecule has 1 amide bonds. The fourth-order valence-corrected chi connectivity index (χ4v) is 2.13. The summed E-state index contributed by atoms with van der Waals surface area (Å²) in [5.41, 5.74) is 0.495. The van der Waals surface area contributed by atoms with Gasteiger partial charge in [-0.3, -0.25) is 4.79 Å². The summed E-state index contributed by atoms with van der Waals surface area (Å²) in [6.07, 6.45) is 1.50. The first-order valence-electron chi connectivity index (χ1n) is 7.56. The van der Waals surface area contributed by atoms with Gasteiger partial charge in [0, 0.05) is 43.5 Å². The third kappa shape index (κ3) is 8.82. The van der Waals surface area contributed by atoms with Crippen molar-refractivity contribution in [2.75, 3.05) is 33.4 Å². The number of halogens is 3. The van der Waals surface area contributed by atoms with Crippen molar-refractivity contribution in [2.24, 2.45) is 0 Å². The number of rotatable bonds is 9. The molecule has 2 N–H and O–H groups in total. The quantitative estimate of drug-likeness (QED) is 0.553. The molecule has 0 aliphatic rings. The van der Waals surface area contributed by atoms with Crippen molar-refractivity contribution in [3.63, 3.8) is 0 Å². The topological polar surface area (TPSA) is 72.5 Å². The number of amides is 1. The van der Waals surface area contributed by atoms with Crippen LogP contribution in [-0.4, -0.2) is 44.2 Å². The molecule has 1 aromatic heterocycles. The zero-order chi connectivity index (χ0) is 17.2. The molecule has 1 heterocycles. The van der Waals surface area contributed by atoms with E-state index in [2.05, 4.69) is 31.5 Å². The summed E-state index contributed by atoms with van der Waals surface area (Å²) in [5, 5.41) is 5.98. The summed E-state index contributed by atoms with van der Waals surface area (Å²) in [4.78, 5) is 16.2. The fourth-order valence-electron chi connectivity index (χ4n) is 1.86. The van der Waals surface area contributed by atoms with Gasteiger partial charge in [0.1, 0.15) is 5.75 Å². The molecule has 0 atom stereocenters. The van der Waals surface area contributed by atoms with Gasteiger partial charge in [0.25, 0.3) is 5.91 Å². The van der Waals surface area contributed by atoms with Crippen molar-refractivity contribution in [3.05, 3.63) is 52.6 Å². The smallest absolute Gasteiger partial charge is 0.252 e. The third-order valence-corrected chi connectivity index (χ3v) is 3.63. The molecule has 0 aliphatic heterocycles. The highest BCUT2D eigenvalue weighted by Gasteiger charge is 2.06. The van der Waals surface area contributed by atoms with Gasteiger partial charge in [-0.15, -0.1) is 24.8 Å². The van der Waals surface area contributed by atoms with Crippen molar-refractivity contribution in [1.29, 1.82) is 0 Å². The minimum absolute atomic E-state index is 0. The maximum atomic E-state index is 12.0. The minimum atomic E-state index is -0.161. The number of carbonyl (C=O) groups excluding carboxylic acids is 1. The number of hydrogen-bond donors (Lipinski definition) is 2. The minimum Gasteiger partial charge on any atom is -0.439 e. The van der Waals surface area contributed by atoms with Gasteiger partial charge in [-0.05, 0) is 30.3 Å². The first-order valence-corrected chi connectivity index (χ1v) is 8.35. The van der Waals surface area contributed by atoms with E-state index in [1.54, 1.807) is 19.2 Å². The number of ether oxygens (including phenoxy) is 2. The van der Waals surface area contributed by atoms with Gasteiger partial charge in [-0.25, -0.2) is 4.98 Å². The molecule has 0 saturated carbocycles. The Labute approximate surface area is 174 Å². The number of nitrogens with one attached hydrogen (secondary N) is 2. The van der Waals surface area contributed by atoms with E-state index in [1.807, 2.05) is 24.3 Å². The van der Waals surface area contributed by atoms with E-state index < -0.39 is 0 Å². The van der Waals surface area contributed by atoms with Crippen LogP contribution in [0.15, 0.2) is 47.1 Å². The lowest BCUT2D eigenvalue weighted by molar-refractivity contribution is 0.0953. The summed E-state index contributed by atoms with van der Waals surface area (Å²) in [7, 11) is 1.65. The van der Waals surface area contributed by atoms with E-state index in [9.17, 15) is 4.79 Å². The summed E-state index contributed by atoms with van der Waals surface area (Å²) < 4.78 is 11.5. The maximum absolute atomic E-state index is 12.0. The Bertz CT molecular complexity index is 643. The SMILES string of the molecule is COCCNCCNC(=O)c1ccc(Oc2ccc(Br)cc2)nc1.Cl.Cl. The largest absolute Gasteiger partial charge is 0.439 e. The van der Waals surface area contributed by atoms with Gasteiger partial charge < -0.3 is 20.1 Å². The van der Waals surface area contributed by atoms with Crippen LogP contribution in [0.25, 0.3) is 0 Å². The lowest BCUT2D eigenvalue weighted by Crippen LogP contribution is -2.33. The second-order valence-corrected chi connectivity index (χ2v) is 5.86. The number of pyridine rings is 1. The van der Waals surface area contributed by atoms with Crippen LogP contribution in [-0.2, 0) is 4.74 Å².